The molecular weight excluding hydrogens is 413 g/mol. The Morgan fingerprint density at radius 1 is 1.10 bits per heavy atom. The lowest BCUT2D eigenvalue weighted by atomic mass is 9.96. The fourth-order valence-electron chi connectivity index (χ4n) is 3.34. The number of likely N-dealkylation sites (tertiary alicyclic amines) is 1. The SMILES string of the molecule is O=C(NCC1CCN(Cc2cccnc2)CC1)C(=O)Nc1ccc(OC(F)(F)F)cc1. The van der Waals surface area contributed by atoms with E-state index in [-0.39, 0.29) is 11.6 Å². The summed E-state index contributed by atoms with van der Waals surface area (Å²) in [6.45, 7) is 3.02. The Kier molecular flexibility index (Phi) is 7.45. The van der Waals surface area contributed by atoms with Gasteiger partial charge in [-0.3, -0.25) is 19.5 Å². The monoisotopic (exact) mass is 436 g/mol. The number of carbonyl (C=O) groups excluding carboxylic acids is 2. The summed E-state index contributed by atoms with van der Waals surface area (Å²) >= 11 is 0. The van der Waals surface area contributed by atoms with Crippen molar-refractivity contribution in [2.24, 2.45) is 5.92 Å². The van der Waals surface area contributed by atoms with Gasteiger partial charge in [0, 0.05) is 31.2 Å². The summed E-state index contributed by atoms with van der Waals surface area (Å²) in [5.41, 5.74) is 1.35. The highest BCUT2D eigenvalue weighted by molar-refractivity contribution is 6.39. The molecule has 10 heteroatoms. The quantitative estimate of drug-likeness (QED) is 0.681. The third-order valence-corrected chi connectivity index (χ3v) is 4.94. The van der Waals surface area contributed by atoms with Crippen LogP contribution in [0.3, 0.4) is 0 Å². The van der Waals surface area contributed by atoms with Gasteiger partial charge in [0.1, 0.15) is 5.75 Å². The van der Waals surface area contributed by atoms with Gasteiger partial charge in [-0.25, -0.2) is 0 Å². The zero-order chi connectivity index (χ0) is 22.3. The molecule has 1 saturated heterocycles. The average molecular weight is 436 g/mol. The van der Waals surface area contributed by atoms with Crippen LogP contribution in [0.2, 0.25) is 0 Å². The second-order valence-corrected chi connectivity index (χ2v) is 7.32. The Morgan fingerprint density at radius 2 is 1.81 bits per heavy atom. The Morgan fingerprint density at radius 3 is 2.42 bits per heavy atom. The summed E-state index contributed by atoms with van der Waals surface area (Å²) in [6, 6.07) is 8.51. The maximum absolute atomic E-state index is 12.2. The summed E-state index contributed by atoms with van der Waals surface area (Å²) in [6.07, 6.45) is 0.610. The summed E-state index contributed by atoms with van der Waals surface area (Å²) in [5, 5.41) is 4.98. The highest BCUT2D eigenvalue weighted by atomic mass is 19.4. The van der Waals surface area contributed by atoms with Gasteiger partial charge in [0.05, 0.1) is 0 Å². The van der Waals surface area contributed by atoms with E-state index in [1.807, 2.05) is 18.3 Å². The smallest absolute Gasteiger partial charge is 0.406 e. The van der Waals surface area contributed by atoms with Crippen LogP contribution in [0.1, 0.15) is 18.4 Å². The molecule has 1 aromatic carbocycles. The number of nitrogens with zero attached hydrogens (tertiary/aromatic N) is 2. The third-order valence-electron chi connectivity index (χ3n) is 4.94. The van der Waals surface area contributed by atoms with Crippen molar-refractivity contribution in [3.8, 4) is 5.75 Å². The molecule has 7 nitrogen and oxygen atoms in total. The van der Waals surface area contributed by atoms with Crippen molar-refractivity contribution in [3.63, 3.8) is 0 Å². The van der Waals surface area contributed by atoms with Crippen molar-refractivity contribution in [2.45, 2.75) is 25.7 Å². The summed E-state index contributed by atoms with van der Waals surface area (Å²) in [7, 11) is 0. The molecule has 1 aliphatic rings. The Hall–Kier alpha value is -3.14. The molecule has 0 atom stereocenters. The topological polar surface area (TPSA) is 83.6 Å². The highest BCUT2D eigenvalue weighted by Gasteiger charge is 2.31. The first-order valence-electron chi connectivity index (χ1n) is 9.85. The number of nitrogens with one attached hydrogen (secondary N) is 2. The van der Waals surface area contributed by atoms with Crippen LogP contribution in [-0.2, 0) is 16.1 Å². The van der Waals surface area contributed by atoms with Gasteiger partial charge in [-0.05, 0) is 67.7 Å². The molecule has 0 aliphatic carbocycles. The number of piperidine rings is 1. The Balaban J connectivity index is 1.37. The van der Waals surface area contributed by atoms with Gasteiger partial charge in [-0.15, -0.1) is 13.2 Å². The zero-order valence-corrected chi connectivity index (χ0v) is 16.7. The molecule has 0 spiro atoms. The van der Waals surface area contributed by atoms with E-state index in [2.05, 4.69) is 25.3 Å². The lowest BCUT2D eigenvalue weighted by molar-refractivity contribution is -0.274. The van der Waals surface area contributed by atoms with Crippen molar-refractivity contribution >= 4 is 17.5 Å². The lowest BCUT2D eigenvalue weighted by Crippen LogP contribution is -2.41. The summed E-state index contributed by atoms with van der Waals surface area (Å²) in [5.74, 6) is -1.79. The number of alkyl halides is 3. The number of hydrogen-bond donors (Lipinski definition) is 2. The number of benzene rings is 1. The van der Waals surface area contributed by atoms with Gasteiger partial charge in [0.2, 0.25) is 0 Å². The van der Waals surface area contributed by atoms with Gasteiger partial charge < -0.3 is 15.4 Å². The largest absolute Gasteiger partial charge is 0.573 e. The molecule has 2 heterocycles. The second kappa shape index (κ2) is 10.3. The molecule has 1 aromatic heterocycles. The summed E-state index contributed by atoms with van der Waals surface area (Å²) < 4.78 is 40.3. The number of amides is 2. The molecule has 1 aliphatic heterocycles. The van der Waals surface area contributed by atoms with E-state index in [4.69, 9.17) is 0 Å². The van der Waals surface area contributed by atoms with Crippen LogP contribution in [0.5, 0.6) is 5.75 Å². The zero-order valence-electron chi connectivity index (χ0n) is 16.7. The molecule has 0 saturated carbocycles. The van der Waals surface area contributed by atoms with Gasteiger partial charge >= 0.3 is 18.2 Å². The van der Waals surface area contributed by atoms with Crippen molar-refractivity contribution < 1.29 is 27.5 Å². The van der Waals surface area contributed by atoms with Gasteiger partial charge in [-0.2, -0.15) is 0 Å². The van der Waals surface area contributed by atoms with Crippen LogP contribution < -0.4 is 15.4 Å². The molecule has 0 bridgehead atoms. The van der Waals surface area contributed by atoms with E-state index in [1.54, 1.807) is 6.20 Å². The fraction of sp³-hybridized carbons (Fsp3) is 0.381. The average Bonchev–Trinajstić information content (AvgIpc) is 2.74. The normalized spacial score (nSPS) is 15.3. The molecule has 1 fully saturated rings. The van der Waals surface area contributed by atoms with E-state index < -0.39 is 23.9 Å². The molecule has 166 valence electrons. The molecule has 2 N–H and O–H groups in total. The molecule has 2 amide bonds. The molecule has 2 aromatic rings. The van der Waals surface area contributed by atoms with Crippen molar-refractivity contribution in [2.75, 3.05) is 25.0 Å². The predicted octanol–water partition coefficient (Wildman–Crippen LogP) is 2.95. The number of pyridine rings is 1. The molecular formula is C21H23F3N4O3. The van der Waals surface area contributed by atoms with Crippen LogP contribution in [0, 0.1) is 5.92 Å². The van der Waals surface area contributed by atoms with Crippen LogP contribution in [-0.4, -0.2) is 47.7 Å². The number of rotatable bonds is 6. The number of ether oxygens (including phenoxy) is 1. The van der Waals surface area contributed by atoms with Crippen LogP contribution in [0.25, 0.3) is 0 Å². The van der Waals surface area contributed by atoms with E-state index in [9.17, 15) is 22.8 Å². The Labute approximate surface area is 177 Å². The second-order valence-electron chi connectivity index (χ2n) is 7.32. The Bertz CT molecular complexity index is 868. The van der Waals surface area contributed by atoms with Crippen molar-refractivity contribution in [3.05, 3.63) is 54.4 Å². The predicted molar refractivity (Wildman–Crippen MR) is 107 cm³/mol. The molecule has 3 rings (SSSR count). The first kappa shape index (κ1) is 22.5. The minimum atomic E-state index is -4.79. The van der Waals surface area contributed by atoms with E-state index in [0.717, 1.165) is 50.2 Å². The molecule has 31 heavy (non-hydrogen) atoms. The molecule has 0 radical (unpaired) electrons. The summed E-state index contributed by atoms with van der Waals surface area (Å²) in [4.78, 5) is 30.5. The first-order valence-corrected chi connectivity index (χ1v) is 9.85. The first-order chi connectivity index (χ1) is 14.8. The fourth-order valence-corrected chi connectivity index (χ4v) is 3.34. The van der Waals surface area contributed by atoms with Gasteiger partial charge in [0.25, 0.3) is 0 Å². The standard InChI is InChI=1S/C21H23F3N4O3/c22-21(23,24)31-18-5-3-17(4-6-18)27-20(30)19(29)26-13-15-7-10-28(11-8-15)14-16-2-1-9-25-12-16/h1-6,9,12,15H,7-8,10-11,13-14H2,(H,26,29)(H,27,30). The lowest BCUT2D eigenvalue weighted by Gasteiger charge is -2.31. The van der Waals surface area contributed by atoms with Crippen molar-refractivity contribution in [1.82, 2.24) is 15.2 Å². The van der Waals surface area contributed by atoms with Crippen LogP contribution in [0.15, 0.2) is 48.8 Å². The van der Waals surface area contributed by atoms with Crippen LogP contribution in [0.4, 0.5) is 18.9 Å². The highest BCUT2D eigenvalue weighted by Crippen LogP contribution is 2.24. The van der Waals surface area contributed by atoms with Crippen LogP contribution >= 0.6 is 0 Å². The van der Waals surface area contributed by atoms with Gasteiger partial charge in [-0.1, -0.05) is 6.07 Å². The maximum Gasteiger partial charge on any atom is 0.573 e. The van der Waals surface area contributed by atoms with E-state index in [1.165, 1.54) is 12.1 Å². The third kappa shape index (κ3) is 7.56. The minimum absolute atomic E-state index is 0.193. The number of hydrogen-bond acceptors (Lipinski definition) is 5. The minimum Gasteiger partial charge on any atom is -0.406 e. The number of aromatic nitrogens is 1. The maximum atomic E-state index is 12.2. The van der Waals surface area contributed by atoms with Gasteiger partial charge in [0.15, 0.2) is 0 Å². The van der Waals surface area contributed by atoms with E-state index >= 15 is 0 Å². The van der Waals surface area contributed by atoms with Crippen molar-refractivity contribution in [1.29, 1.82) is 0 Å². The van der Waals surface area contributed by atoms with E-state index in [0.29, 0.717) is 6.54 Å². The number of halogens is 3. The number of carbonyl (C=O) groups is 2. The molecule has 0 unspecified atom stereocenters. The number of anilines is 1.